The highest BCUT2D eigenvalue weighted by molar-refractivity contribution is 7.90. The van der Waals surface area contributed by atoms with Crippen LogP contribution in [0.2, 0.25) is 5.02 Å². The van der Waals surface area contributed by atoms with Gasteiger partial charge in [-0.05, 0) is 75.8 Å². The first kappa shape index (κ1) is 21.8. The summed E-state index contributed by atoms with van der Waals surface area (Å²) >= 11 is 5.86. The topological polar surface area (TPSA) is 93.2 Å². The standard InChI is InChI=1S/C20H27ClN4O3S/c1-14(2)29(26,27)22-13-15-3-7-17(8-4-15)23-19-11-12-20(25-24-19)28-18-9-5-16(21)6-10-18/h5-6,9-12,14-15,17,22H,3-4,7-8,13H2,1-2H3,(H,23,24). The number of nitrogens with one attached hydrogen (secondary N) is 2. The maximum Gasteiger partial charge on any atom is 0.238 e. The van der Waals surface area contributed by atoms with Gasteiger partial charge in [0, 0.05) is 23.7 Å². The summed E-state index contributed by atoms with van der Waals surface area (Å²) in [5.41, 5.74) is 0. The highest BCUT2D eigenvalue weighted by Gasteiger charge is 2.24. The summed E-state index contributed by atoms with van der Waals surface area (Å²) in [7, 11) is -3.19. The Balaban J connectivity index is 1.44. The van der Waals surface area contributed by atoms with Crippen molar-refractivity contribution in [2.24, 2.45) is 5.92 Å². The Morgan fingerprint density at radius 2 is 1.76 bits per heavy atom. The van der Waals surface area contributed by atoms with Crippen molar-refractivity contribution in [1.82, 2.24) is 14.9 Å². The maximum absolute atomic E-state index is 11.9. The molecule has 0 spiro atoms. The molecule has 0 aliphatic heterocycles. The molecule has 3 rings (SSSR count). The Bertz CT molecular complexity index is 881. The molecule has 1 aliphatic rings. The Morgan fingerprint density at radius 3 is 2.34 bits per heavy atom. The van der Waals surface area contributed by atoms with Crippen molar-refractivity contribution in [3.05, 3.63) is 41.4 Å². The predicted octanol–water partition coefficient (Wildman–Crippen LogP) is 4.22. The Kier molecular flexibility index (Phi) is 7.32. The third-order valence-electron chi connectivity index (χ3n) is 5.07. The molecule has 2 N–H and O–H groups in total. The molecule has 29 heavy (non-hydrogen) atoms. The molecule has 0 amide bonds. The minimum atomic E-state index is -3.19. The SMILES string of the molecule is CC(C)S(=O)(=O)NCC1CCC(Nc2ccc(Oc3ccc(Cl)cc3)nn2)CC1. The molecular formula is C20H27ClN4O3S. The maximum atomic E-state index is 11.9. The van der Waals surface area contributed by atoms with E-state index in [1.54, 1.807) is 44.2 Å². The molecular weight excluding hydrogens is 412 g/mol. The third kappa shape index (κ3) is 6.55. The molecule has 1 heterocycles. The molecule has 1 aromatic carbocycles. The van der Waals surface area contributed by atoms with Crippen LogP contribution in [0.5, 0.6) is 11.6 Å². The molecule has 7 nitrogen and oxygen atoms in total. The summed E-state index contributed by atoms with van der Waals surface area (Å²) in [6, 6.07) is 11.0. The van der Waals surface area contributed by atoms with Gasteiger partial charge in [-0.25, -0.2) is 13.1 Å². The van der Waals surface area contributed by atoms with Gasteiger partial charge in [0.15, 0.2) is 0 Å². The van der Waals surface area contributed by atoms with Crippen LogP contribution >= 0.6 is 11.6 Å². The van der Waals surface area contributed by atoms with Crippen molar-refractivity contribution in [1.29, 1.82) is 0 Å². The van der Waals surface area contributed by atoms with Gasteiger partial charge in [-0.1, -0.05) is 11.6 Å². The monoisotopic (exact) mass is 438 g/mol. The number of aromatic nitrogens is 2. The average Bonchev–Trinajstić information content (AvgIpc) is 2.70. The Morgan fingerprint density at radius 1 is 1.07 bits per heavy atom. The predicted molar refractivity (Wildman–Crippen MR) is 115 cm³/mol. The summed E-state index contributed by atoms with van der Waals surface area (Å²) < 4.78 is 32.1. The van der Waals surface area contributed by atoms with E-state index in [0.29, 0.717) is 41.0 Å². The Hall–Kier alpha value is -1.90. The zero-order valence-electron chi connectivity index (χ0n) is 16.6. The van der Waals surface area contributed by atoms with Crippen molar-refractivity contribution in [2.75, 3.05) is 11.9 Å². The summed E-state index contributed by atoms with van der Waals surface area (Å²) in [5.74, 6) is 2.15. The van der Waals surface area contributed by atoms with Crippen LogP contribution in [0, 0.1) is 5.92 Å². The molecule has 1 fully saturated rings. The van der Waals surface area contributed by atoms with Gasteiger partial charge < -0.3 is 10.1 Å². The van der Waals surface area contributed by atoms with Gasteiger partial charge in [0.2, 0.25) is 15.9 Å². The second-order valence-electron chi connectivity index (χ2n) is 7.62. The first-order valence-electron chi connectivity index (χ1n) is 9.84. The molecule has 0 radical (unpaired) electrons. The number of benzene rings is 1. The van der Waals surface area contributed by atoms with Crippen LogP contribution in [-0.2, 0) is 10.0 Å². The van der Waals surface area contributed by atoms with Crippen LogP contribution in [0.15, 0.2) is 36.4 Å². The van der Waals surface area contributed by atoms with Gasteiger partial charge in [-0.3, -0.25) is 0 Å². The lowest BCUT2D eigenvalue weighted by Gasteiger charge is -2.29. The van der Waals surface area contributed by atoms with Gasteiger partial charge in [-0.15, -0.1) is 10.2 Å². The van der Waals surface area contributed by atoms with Gasteiger partial charge in [0.05, 0.1) is 5.25 Å². The number of anilines is 1. The second kappa shape index (κ2) is 9.73. The van der Waals surface area contributed by atoms with E-state index in [9.17, 15) is 8.42 Å². The number of halogens is 1. The van der Waals surface area contributed by atoms with Crippen LogP contribution in [0.4, 0.5) is 5.82 Å². The molecule has 0 saturated heterocycles. The van der Waals surface area contributed by atoms with E-state index < -0.39 is 15.3 Å². The molecule has 0 unspecified atom stereocenters. The lowest BCUT2D eigenvalue weighted by molar-refractivity contribution is 0.336. The largest absolute Gasteiger partial charge is 0.438 e. The molecule has 1 saturated carbocycles. The number of hydrogen-bond donors (Lipinski definition) is 2. The fraction of sp³-hybridized carbons (Fsp3) is 0.500. The van der Waals surface area contributed by atoms with Crippen molar-refractivity contribution in [2.45, 2.75) is 50.8 Å². The number of hydrogen-bond acceptors (Lipinski definition) is 6. The summed E-state index contributed by atoms with van der Waals surface area (Å²) in [5, 5.41) is 12.0. The highest BCUT2D eigenvalue weighted by Crippen LogP contribution is 2.27. The lowest BCUT2D eigenvalue weighted by Crippen LogP contribution is -2.37. The fourth-order valence-electron chi connectivity index (χ4n) is 3.20. The summed E-state index contributed by atoms with van der Waals surface area (Å²) in [6.07, 6.45) is 3.89. The lowest BCUT2D eigenvalue weighted by atomic mass is 9.86. The normalized spacial score (nSPS) is 19.9. The van der Waals surface area contributed by atoms with E-state index >= 15 is 0 Å². The molecule has 0 bridgehead atoms. The van der Waals surface area contributed by atoms with Crippen molar-refractivity contribution in [3.63, 3.8) is 0 Å². The van der Waals surface area contributed by atoms with Crippen LogP contribution in [0.1, 0.15) is 39.5 Å². The smallest absolute Gasteiger partial charge is 0.238 e. The van der Waals surface area contributed by atoms with Crippen molar-refractivity contribution >= 4 is 27.4 Å². The third-order valence-corrected chi connectivity index (χ3v) is 7.13. The molecule has 1 aromatic heterocycles. The van der Waals surface area contributed by atoms with Gasteiger partial charge in [0.25, 0.3) is 0 Å². The molecule has 1 aliphatic carbocycles. The molecule has 9 heteroatoms. The number of nitrogens with zero attached hydrogens (tertiary/aromatic N) is 2. The highest BCUT2D eigenvalue weighted by atomic mass is 35.5. The first-order chi connectivity index (χ1) is 13.8. The van der Waals surface area contributed by atoms with E-state index in [4.69, 9.17) is 16.3 Å². The zero-order valence-corrected chi connectivity index (χ0v) is 18.2. The van der Waals surface area contributed by atoms with Gasteiger partial charge >= 0.3 is 0 Å². The van der Waals surface area contributed by atoms with E-state index in [-0.39, 0.29) is 0 Å². The zero-order chi connectivity index (χ0) is 20.9. The summed E-state index contributed by atoms with van der Waals surface area (Å²) in [6.45, 7) is 3.90. The van der Waals surface area contributed by atoms with E-state index in [2.05, 4.69) is 20.2 Å². The Labute approximate surface area is 177 Å². The van der Waals surface area contributed by atoms with E-state index in [0.717, 1.165) is 25.7 Å². The van der Waals surface area contributed by atoms with Crippen LogP contribution in [-0.4, -0.2) is 36.5 Å². The molecule has 0 atom stereocenters. The first-order valence-corrected chi connectivity index (χ1v) is 11.8. The van der Waals surface area contributed by atoms with Crippen LogP contribution in [0.25, 0.3) is 0 Å². The van der Waals surface area contributed by atoms with E-state index in [1.165, 1.54) is 0 Å². The quantitative estimate of drug-likeness (QED) is 0.640. The fourth-order valence-corrected chi connectivity index (χ4v) is 4.12. The van der Waals surface area contributed by atoms with Crippen molar-refractivity contribution < 1.29 is 13.2 Å². The molecule has 2 aromatic rings. The molecule has 158 valence electrons. The second-order valence-corrected chi connectivity index (χ2v) is 10.4. The van der Waals surface area contributed by atoms with Crippen molar-refractivity contribution in [3.8, 4) is 11.6 Å². The number of rotatable bonds is 8. The summed E-state index contributed by atoms with van der Waals surface area (Å²) in [4.78, 5) is 0. The minimum absolute atomic E-state index is 0.310. The minimum Gasteiger partial charge on any atom is -0.438 e. The van der Waals surface area contributed by atoms with Gasteiger partial charge in [-0.2, -0.15) is 0 Å². The average molecular weight is 439 g/mol. The van der Waals surface area contributed by atoms with E-state index in [1.807, 2.05) is 6.07 Å². The van der Waals surface area contributed by atoms with Crippen LogP contribution in [0.3, 0.4) is 0 Å². The number of ether oxygens (including phenoxy) is 1. The van der Waals surface area contributed by atoms with Gasteiger partial charge in [0.1, 0.15) is 11.6 Å². The number of sulfonamides is 1. The van der Waals surface area contributed by atoms with Crippen LogP contribution < -0.4 is 14.8 Å².